The molecule has 0 radical (unpaired) electrons. The van der Waals surface area contributed by atoms with Crippen LogP contribution in [0.1, 0.15) is 5.56 Å². The first-order chi connectivity index (χ1) is 7.86. The summed E-state index contributed by atoms with van der Waals surface area (Å²) in [6.07, 6.45) is 0. The van der Waals surface area contributed by atoms with Crippen LogP contribution in [0.5, 0.6) is 5.75 Å². The van der Waals surface area contributed by atoms with Crippen molar-refractivity contribution in [2.75, 3.05) is 7.11 Å². The number of hydrogen-bond donors (Lipinski definition) is 0. The van der Waals surface area contributed by atoms with E-state index in [1.165, 1.54) is 5.56 Å². The Kier molecular flexibility index (Phi) is 6.39. The predicted molar refractivity (Wildman–Crippen MR) is 70.3 cm³/mol. The second kappa shape index (κ2) is 7.98. The molecule has 84 valence electrons. The van der Waals surface area contributed by atoms with Gasteiger partial charge in [-0.2, -0.15) is 0 Å². The number of hydrogen-bond acceptors (Lipinski definition) is 1. The van der Waals surface area contributed by atoms with Crippen molar-refractivity contribution in [3.05, 3.63) is 66.2 Å². The molecular weight excluding hydrogens is 263 g/mol. The van der Waals surface area contributed by atoms with Gasteiger partial charge in [-0.15, -0.1) is 0 Å². The number of rotatable bonds is 2. The molecule has 0 aliphatic carbocycles. The van der Waals surface area contributed by atoms with E-state index >= 15 is 0 Å². The van der Waals surface area contributed by atoms with E-state index in [1.807, 2.05) is 36.4 Å². The van der Waals surface area contributed by atoms with Gasteiger partial charge in [0, 0.05) is 0 Å². The van der Waals surface area contributed by atoms with Crippen LogP contribution in [0.3, 0.4) is 0 Å². The van der Waals surface area contributed by atoms with Crippen molar-refractivity contribution in [1.29, 1.82) is 0 Å². The third-order valence-electron chi connectivity index (χ3n) is 2.00. The maximum absolute atomic E-state index is 4.91. The van der Waals surface area contributed by atoms with Crippen LogP contribution in [-0.2, 0) is 5.32 Å². The zero-order valence-corrected chi connectivity index (χ0v) is 11.2. The third kappa shape index (κ3) is 5.01. The molecular formula is C14H16OSe. The summed E-state index contributed by atoms with van der Waals surface area (Å²) < 4.78 is 4.91. The van der Waals surface area contributed by atoms with E-state index in [1.54, 1.807) is 7.11 Å². The molecule has 2 aromatic carbocycles. The molecule has 1 nitrogen and oxygen atoms in total. The third-order valence-corrected chi connectivity index (χ3v) is 2.77. The van der Waals surface area contributed by atoms with E-state index in [4.69, 9.17) is 4.74 Å². The molecule has 0 N–H and O–H groups in total. The molecule has 0 unspecified atom stereocenters. The minimum atomic E-state index is 0.910. The first kappa shape index (κ1) is 12.8. The molecule has 0 spiro atoms. The van der Waals surface area contributed by atoms with Gasteiger partial charge >= 0.3 is 57.2 Å². The van der Waals surface area contributed by atoms with Crippen molar-refractivity contribution in [3.8, 4) is 5.75 Å². The minimum absolute atomic E-state index is 0.910. The van der Waals surface area contributed by atoms with Crippen molar-refractivity contribution < 1.29 is 4.74 Å². The normalized spacial score (nSPS) is 8.88. The van der Waals surface area contributed by atoms with Crippen LogP contribution in [0.2, 0.25) is 0 Å². The van der Waals surface area contributed by atoms with Gasteiger partial charge in [0.05, 0.1) is 7.11 Å². The van der Waals surface area contributed by atoms with Crippen LogP contribution < -0.4 is 4.74 Å². The first-order valence-electron chi connectivity index (χ1n) is 5.10. The van der Waals surface area contributed by atoms with E-state index in [0.717, 1.165) is 11.1 Å². The van der Waals surface area contributed by atoms with E-state index < -0.39 is 0 Å². The maximum atomic E-state index is 4.91. The van der Waals surface area contributed by atoms with Crippen LogP contribution in [0.4, 0.5) is 0 Å². The second-order valence-electron chi connectivity index (χ2n) is 3.16. The zero-order valence-electron chi connectivity index (χ0n) is 9.34. The quantitative estimate of drug-likeness (QED) is 0.768. The number of para-hydroxylation sites is 1. The molecule has 0 heterocycles. The topological polar surface area (TPSA) is 9.23 Å². The van der Waals surface area contributed by atoms with Crippen LogP contribution in [-0.4, -0.2) is 23.1 Å². The molecule has 0 atom stereocenters. The standard InChI is InChI=1S/C7H8O.C7H8Se/c1-8-7-5-3-2-4-6-7;8-6-7-4-2-1-3-5-7/h2-6H,1H3;1-5,8H,6H2. The van der Waals surface area contributed by atoms with Gasteiger partial charge < -0.3 is 4.74 Å². The number of ether oxygens (including phenoxy) is 1. The van der Waals surface area contributed by atoms with Gasteiger partial charge in [-0.3, -0.25) is 0 Å². The molecule has 0 amide bonds. The fraction of sp³-hybridized carbons (Fsp3) is 0.143. The predicted octanol–water partition coefficient (Wildman–Crippen LogP) is 2.78. The van der Waals surface area contributed by atoms with Crippen molar-refractivity contribution in [1.82, 2.24) is 0 Å². The average molecular weight is 279 g/mol. The Labute approximate surface area is 105 Å². The molecule has 0 saturated heterocycles. The van der Waals surface area contributed by atoms with Crippen molar-refractivity contribution in [2.45, 2.75) is 5.32 Å². The summed E-state index contributed by atoms with van der Waals surface area (Å²) in [5.41, 5.74) is 1.38. The Bertz CT molecular complexity index is 333. The molecule has 2 heteroatoms. The van der Waals surface area contributed by atoms with Gasteiger partial charge in [-0.05, 0) is 12.1 Å². The van der Waals surface area contributed by atoms with Gasteiger partial charge in [0.2, 0.25) is 0 Å². The average Bonchev–Trinajstić information content (AvgIpc) is 2.41. The monoisotopic (exact) mass is 280 g/mol. The van der Waals surface area contributed by atoms with E-state index in [9.17, 15) is 0 Å². The van der Waals surface area contributed by atoms with Crippen molar-refractivity contribution in [2.24, 2.45) is 0 Å². The van der Waals surface area contributed by atoms with E-state index in [0.29, 0.717) is 0 Å². The van der Waals surface area contributed by atoms with Gasteiger partial charge in [-0.25, -0.2) is 0 Å². The van der Waals surface area contributed by atoms with Crippen LogP contribution in [0.25, 0.3) is 0 Å². The summed E-state index contributed by atoms with van der Waals surface area (Å²) >= 11 is 2.56. The molecule has 0 aliphatic rings. The SMILES string of the molecule is COc1ccccc1.[SeH]Cc1ccccc1. The fourth-order valence-corrected chi connectivity index (χ4v) is 1.58. The van der Waals surface area contributed by atoms with Gasteiger partial charge in [0.15, 0.2) is 0 Å². The Morgan fingerprint density at radius 3 is 1.69 bits per heavy atom. The van der Waals surface area contributed by atoms with Crippen LogP contribution in [0, 0.1) is 0 Å². The number of benzene rings is 2. The molecule has 2 rings (SSSR count). The Hall–Kier alpha value is -1.24. The summed E-state index contributed by atoms with van der Waals surface area (Å²) in [7, 11) is 1.66. The summed E-state index contributed by atoms with van der Waals surface area (Å²) in [5.74, 6) is 0.910. The molecule has 2 aromatic rings. The van der Waals surface area contributed by atoms with Crippen LogP contribution in [0.15, 0.2) is 60.7 Å². The molecule has 0 aromatic heterocycles. The Balaban J connectivity index is 0.000000160. The Morgan fingerprint density at radius 2 is 1.38 bits per heavy atom. The molecule has 16 heavy (non-hydrogen) atoms. The van der Waals surface area contributed by atoms with Crippen molar-refractivity contribution in [3.63, 3.8) is 0 Å². The first-order valence-corrected chi connectivity index (χ1v) is 6.43. The molecule has 0 aliphatic heterocycles. The molecule has 0 saturated carbocycles. The molecule has 0 bridgehead atoms. The van der Waals surface area contributed by atoms with Gasteiger partial charge in [-0.1, -0.05) is 18.2 Å². The van der Waals surface area contributed by atoms with Gasteiger partial charge in [0.1, 0.15) is 5.75 Å². The van der Waals surface area contributed by atoms with E-state index in [2.05, 4.69) is 40.3 Å². The second-order valence-corrected chi connectivity index (χ2v) is 3.82. The van der Waals surface area contributed by atoms with E-state index in [-0.39, 0.29) is 0 Å². The Morgan fingerprint density at radius 1 is 0.875 bits per heavy atom. The van der Waals surface area contributed by atoms with Crippen molar-refractivity contribution >= 4 is 16.0 Å². The van der Waals surface area contributed by atoms with Crippen LogP contribution >= 0.6 is 0 Å². The fourth-order valence-electron chi connectivity index (χ4n) is 1.14. The number of methoxy groups -OCH3 is 1. The van der Waals surface area contributed by atoms with Gasteiger partial charge in [0.25, 0.3) is 0 Å². The summed E-state index contributed by atoms with van der Waals surface area (Å²) in [5, 5.41) is 1.08. The summed E-state index contributed by atoms with van der Waals surface area (Å²) in [4.78, 5) is 0. The zero-order chi connectivity index (χ0) is 11.6. The summed E-state index contributed by atoms with van der Waals surface area (Å²) in [6.45, 7) is 0. The molecule has 0 fully saturated rings. The summed E-state index contributed by atoms with van der Waals surface area (Å²) in [6, 6.07) is 20.1.